The van der Waals surface area contributed by atoms with Crippen LogP contribution in [0.25, 0.3) is 0 Å². The van der Waals surface area contributed by atoms with E-state index in [1.807, 2.05) is 45.0 Å². The summed E-state index contributed by atoms with van der Waals surface area (Å²) in [5.74, 6) is 0.979. The molecule has 1 aliphatic carbocycles. The number of nitrogens with zero attached hydrogens (tertiary/aromatic N) is 1. The molecule has 0 radical (unpaired) electrons. The largest absolute Gasteiger partial charge is 0.465 e. The molecule has 1 saturated carbocycles. The van der Waals surface area contributed by atoms with Crippen LogP contribution >= 0.6 is 0 Å². The van der Waals surface area contributed by atoms with Crippen LogP contribution in [0.4, 0.5) is 0 Å². The summed E-state index contributed by atoms with van der Waals surface area (Å²) in [7, 11) is 0. The maximum atomic E-state index is 13.1. The fourth-order valence-corrected chi connectivity index (χ4v) is 9.65. The fourth-order valence-electron chi connectivity index (χ4n) is 9.65. The second-order valence-electron chi connectivity index (χ2n) is 15.4. The lowest BCUT2D eigenvalue weighted by Gasteiger charge is -2.64. The number of ketones is 1. The molecule has 3 aromatic carbocycles. The lowest BCUT2D eigenvalue weighted by Crippen LogP contribution is -2.66. The molecule has 258 valence electrons. The zero-order valence-corrected chi connectivity index (χ0v) is 30.1. The van der Waals surface area contributed by atoms with Crippen LogP contribution in [-0.2, 0) is 25.8 Å². The molecule has 1 N–H and O–H groups in total. The topological polar surface area (TPSA) is 66.8 Å². The predicted molar refractivity (Wildman–Crippen MR) is 194 cm³/mol. The third-order valence-electron chi connectivity index (χ3n) is 11.9. The number of carbonyl (C=O) groups is 2. The molecule has 0 amide bonds. The van der Waals surface area contributed by atoms with Gasteiger partial charge < -0.3 is 14.7 Å². The summed E-state index contributed by atoms with van der Waals surface area (Å²) in [5, 5.41) is 12.3. The molecule has 2 aliphatic rings. The number of Topliss-reactive ketones (excluding diaryl/α,β-unsaturated/α-hetero) is 1. The molecule has 0 aromatic heterocycles. The minimum absolute atomic E-state index is 0.142. The van der Waals surface area contributed by atoms with E-state index in [4.69, 9.17) is 4.74 Å². The van der Waals surface area contributed by atoms with Gasteiger partial charge in [0.25, 0.3) is 0 Å². The van der Waals surface area contributed by atoms with Crippen molar-refractivity contribution in [1.82, 2.24) is 4.90 Å². The van der Waals surface area contributed by atoms with Gasteiger partial charge in [-0.25, -0.2) is 0 Å². The van der Waals surface area contributed by atoms with E-state index in [2.05, 4.69) is 86.3 Å². The van der Waals surface area contributed by atoms with Crippen LogP contribution in [0.3, 0.4) is 0 Å². The van der Waals surface area contributed by atoms with E-state index in [-0.39, 0.29) is 23.1 Å². The summed E-state index contributed by atoms with van der Waals surface area (Å²) in [6, 6.07) is 29.5. The van der Waals surface area contributed by atoms with Crippen LogP contribution in [0.2, 0.25) is 0 Å². The molecule has 48 heavy (non-hydrogen) atoms. The van der Waals surface area contributed by atoms with Gasteiger partial charge in [-0.3, -0.25) is 9.59 Å². The van der Waals surface area contributed by atoms with E-state index in [0.717, 1.165) is 57.3 Å². The minimum Gasteiger partial charge on any atom is -0.465 e. The highest BCUT2D eigenvalue weighted by molar-refractivity contribution is 5.96. The average Bonchev–Trinajstić information content (AvgIpc) is 3.09. The van der Waals surface area contributed by atoms with Gasteiger partial charge in [-0.05, 0) is 107 Å². The molecular formula is C43H57NO4. The summed E-state index contributed by atoms with van der Waals surface area (Å²) >= 11 is 0. The Balaban J connectivity index is 1.30. The van der Waals surface area contributed by atoms with Gasteiger partial charge in [0, 0.05) is 22.8 Å². The van der Waals surface area contributed by atoms with Crippen molar-refractivity contribution in [3.05, 3.63) is 107 Å². The molecule has 1 saturated heterocycles. The van der Waals surface area contributed by atoms with Gasteiger partial charge in [0.1, 0.15) is 0 Å². The molecule has 3 aromatic rings. The Kier molecular flexibility index (Phi) is 11.3. The first-order chi connectivity index (χ1) is 23.0. The maximum Gasteiger partial charge on any atom is 0.315 e. The number of hydrogen-bond donors (Lipinski definition) is 1. The second-order valence-corrected chi connectivity index (χ2v) is 15.4. The van der Waals surface area contributed by atoms with Crippen molar-refractivity contribution in [1.29, 1.82) is 0 Å². The second kappa shape index (κ2) is 15.1. The molecule has 4 unspecified atom stereocenters. The number of hydrogen-bond acceptors (Lipinski definition) is 5. The van der Waals surface area contributed by atoms with Crippen molar-refractivity contribution in [2.45, 2.75) is 102 Å². The number of esters is 1. The van der Waals surface area contributed by atoms with Crippen molar-refractivity contribution in [2.75, 3.05) is 26.2 Å². The summed E-state index contributed by atoms with van der Waals surface area (Å²) < 4.78 is 5.25. The third kappa shape index (κ3) is 6.65. The molecule has 1 aliphatic heterocycles. The first-order valence-electron chi connectivity index (χ1n) is 18.3. The average molecular weight is 652 g/mol. The molecule has 2 fully saturated rings. The molecule has 5 rings (SSSR count). The fraction of sp³-hybridized carbons (Fsp3) is 0.535. The molecule has 4 atom stereocenters. The van der Waals surface area contributed by atoms with Gasteiger partial charge >= 0.3 is 5.97 Å². The van der Waals surface area contributed by atoms with Crippen LogP contribution in [0.15, 0.2) is 84.9 Å². The molecule has 5 heteroatoms. The van der Waals surface area contributed by atoms with Crippen LogP contribution in [0.1, 0.15) is 107 Å². The highest BCUT2D eigenvalue weighted by Crippen LogP contribution is 2.63. The van der Waals surface area contributed by atoms with E-state index >= 15 is 0 Å². The molecule has 5 nitrogen and oxygen atoms in total. The SMILES string of the molecule is CCOC(=O)C(C)(C)c1ccc(C(=O)CCCN2CCC(C3(c4ccccc4)CC(C)CC(O)C3(c3ccccc3)C(C)C)CC2)cc1. The highest BCUT2D eigenvalue weighted by Gasteiger charge is 2.64. The number of likely N-dealkylation sites (tertiary alicyclic amines) is 1. The number of piperidine rings is 1. The van der Waals surface area contributed by atoms with Gasteiger partial charge in [0.05, 0.1) is 18.1 Å². The van der Waals surface area contributed by atoms with Gasteiger partial charge in [-0.15, -0.1) is 0 Å². The van der Waals surface area contributed by atoms with Crippen molar-refractivity contribution in [3.63, 3.8) is 0 Å². The van der Waals surface area contributed by atoms with E-state index < -0.39 is 16.9 Å². The van der Waals surface area contributed by atoms with Crippen molar-refractivity contribution >= 4 is 11.8 Å². The number of aliphatic hydroxyl groups is 1. The smallest absolute Gasteiger partial charge is 0.315 e. The van der Waals surface area contributed by atoms with E-state index in [0.29, 0.717) is 30.4 Å². The first kappa shape index (κ1) is 36.0. The Hall–Kier alpha value is -3.28. The zero-order chi connectivity index (χ0) is 34.5. The maximum absolute atomic E-state index is 13.1. The van der Waals surface area contributed by atoms with E-state index in [1.54, 1.807) is 0 Å². The van der Waals surface area contributed by atoms with Crippen molar-refractivity contribution in [2.24, 2.45) is 17.8 Å². The first-order valence-corrected chi connectivity index (χ1v) is 18.3. The van der Waals surface area contributed by atoms with Gasteiger partial charge in [0.2, 0.25) is 0 Å². The van der Waals surface area contributed by atoms with Crippen LogP contribution in [0.5, 0.6) is 0 Å². The summed E-state index contributed by atoms with van der Waals surface area (Å²) in [6.07, 6.45) is 4.92. The normalized spacial score (nSPS) is 25.6. The minimum atomic E-state index is -0.757. The summed E-state index contributed by atoms with van der Waals surface area (Å²) in [6.45, 7) is 15.7. The van der Waals surface area contributed by atoms with Crippen LogP contribution in [0, 0.1) is 17.8 Å². The molecule has 1 heterocycles. The molecular weight excluding hydrogens is 594 g/mol. The van der Waals surface area contributed by atoms with Gasteiger partial charge in [-0.2, -0.15) is 0 Å². The number of aliphatic hydroxyl groups excluding tert-OH is 1. The van der Waals surface area contributed by atoms with Crippen LogP contribution in [-0.4, -0.2) is 54.1 Å². The monoisotopic (exact) mass is 651 g/mol. The van der Waals surface area contributed by atoms with E-state index in [9.17, 15) is 14.7 Å². The molecule has 0 spiro atoms. The Morgan fingerprint density at radius 1 is 0.917 bits per heavy atom. The Morgan fingerprint density at radius 2 is 1.50 bits per heavy atom. The van der Waals surface area contributed by atoms with Crippen molar-refractivity contribution < 1.29 is 19.4 Å². The highest BCUT2D eigenvalue weighted by atomic mass is 16.5. The van der Waals surface area contributed by atoms with Crippen molar-refractivity contribution in [3.8, 4) is 0 Å². The summed E-state index contributed by atoms with van der Waals surface area (Å²) in [5.41, 5.74) is 2.82. The number of benzene rings is 3. The third-order valence-corrected chi connectivity index (χ3v) is 11.9. The summed E-state index contributed by atoms with van der Waals surface area (Å²) in [4.78, 5) is 28.1. The quantitative estimate of drug-likeness (QED) is 0.157. The Labute approximate surface area is 289 Å². The lowest BCUT2D eigenvalue weighted by atomic mass is 9.40. The zero-order valence-electron chi connectivity index (χ0n) is 30.1. The predicted octanol–water partition coefficient (Wildman–Crippen LogP) is 8.53. The number of ether oxygens (including phenoxy) is 1. The lowest BCUT2D eigenvalue weighted by molar-refractivity contribution is -0.148. The van der Waals surface area contributed by atoms with E-state index in [1.165, 1.54) is 11.1 Å². The van der Waals surface area contributed by atoms with Gasteiger partial charge in [0.15, 0.2) is 5.78 Å². The Bertz CT molecular complexity index is 1490. The van der Waals surface area contributed by atoms with Gasteiger partial charge in [-0.1, -0.05) is 106 Å². The number of carbonyl (C=O) groups excluding carboxylic acids is 2. The standard InChI is InChI=1S/C43H57NO4/c1-7-48-40(47)41(5,6)34-22-20-33(21-23-34)38(45)19-14-26-44-27-24-36(25-28-44)42(35-15-10-8-11-16-35)30-32(4)29-39(46)43(42,31(2)3)37-17-12-9-13-18-37/h8-13,15-18,20-23,31-32,36,39,46H,7,14,19,24-30H2,1-6H3. The Morgan fingerprint density at radius 3 is 2.06 bits per heavy atom. The number of rotatable bonds is 12. The molecule has 0 bridgehead atoms. The van der Waals surface area contributed by atoms with Crippen LogP contribution < -0.4 is 0 Å².